The molecular formula is C24H26N2O5. The third-order valence-electron chi connectivity index (χ3n) is 5.59. The van der Waals surface area contributed by atoms with Crippen molar-refractivity contribution >= 4 is 22.6 Å². The minimum atomic E-state index is -0.387. The maximum absolute atomic E-state index is 12.8. The summed E-state index contributed by atoms with van der Waals surface area (Å²) in [4.78, 5) is 28.5. The molecule has 4 rings (SSSR count). The molecule has 2 heterocycles. The first kappa shape index (κ1) is 20.8. The van der Waals surface area contributed by atoms with Gasteiger partial charge in [0.05, 0.1) is 5.39 Å². The number of anilines is 1. The van der Waals surface area contributed by atoms with Gasteiger partial charge in [0, 0.05) is 44.0 Å². The first-order valence-electron chi connectivity index (χ1n) is 10.5. The summed E-state index contributed by atoms with van der Waals surface area (Å²) in [6.45, 7) is 6.33. The van der Waals surface area contributed by atoms with E-state index in [0.29, 0.717) is 43.9 Å². The molecule has 0 aliphatic carbocycles. The monoisotopic (exact) mass is 422 g/mol. The molecule has 162 valence electrons. The molecule has 0 atom stereocenters. The van der Waals surface area contributed by atoms with Crippen LogP contribution in [0.5, 0.6) is 11.5 Å². The van der Waals surface area contributed by atoms with Crippen molar-refractivity contribution in [3.05, 3.63) is 64.0 Å². The van der Waals surface area contributed by atoms with Crippen molar-refractivity contribution in [2.24, 2.45) is 0 Å². The molecule has 1 aliphatic rings. The highest BCUT2D eigenvalue weighted by molar-refractivity contribution is 5.88. The molecule has 2 aromatic carbocycles. The van der Waals surface area contributed by atoms with Crippen molar-refractivity contribution in [1.29, 1.82) is 0 Å². The van der Waals surface area contributed by atoms with Crippen molar-refractivity contribution in [3.8, 4) is 11.5 Å². The highest BCUT2D eigenvalue weighted by Crippen LogP contribution is 2.30. The Balaban J connectivity index is 1.44. The van der Waals surface area contributed by atoms with Crippen molar-refractivity contribution in [3.63, 3.8) is 0 Å². The summed E-state index contributed by atoms with van der Waals surface area (Å²) in [7, 11) is 0. The van der Waals surface area contributed by atoms with Gasteiger partial charge in [0.2, 0.25) is 0 Å². The van der Waals surface area contributed by atoms with E-state index in [4.69, 9.17) is 9.15 Å². The van der Waals surface area contributed by atoms with E-state index in [2.05, 4.69) is 4.90 Å². The number of aromatic hydroxyl groups is 1. The molecule has 1 saturated heterocycles. The van der Waals surface area contributed by atoms with Gasteiger partial charge in [0.15, 0.2) is 6.61 Å². The third-order valence-corrected chi connectivity index (χ3v) is 5.59. The highest BCUT2D eigenvalue weighted by atomic mass is 16.5. The second-order valence-corrected chi connectivity index (χ2v) is 7.76. The number of benzene rings is 2. The molecule has 0 bridgehead atoms. The van der Waals surface area contributed by atoms with Gasteiger partial charge in [0.25, 0.3) is 5.91 Å². The molecule has 3 aromatic rings. The number of fused-ring (bicyclic) bond motifs is 1. The Bertz CT molecular complexity index is 1160. The summed E-state index contributed by atoms with van der Waals surface area (Å²) in [6.07, 6.45) is 0.659. The van der Waals surface area contributed by atoms with Crippen LogP contribution in [-0.2, 0) is 11.2 Å². The lowest BCUT2D eigenvalue weighted by atomic mass is 10.1. The maximum Gasteiger partial charge on any atom is 0.336 e. The number of rotatable bonds is 5. The van der Waals surface area contributed by atoms with Crippen molar-refractivity contribution in [2.75, 3.05) is 37.7 Å². The average molecular weight is 422 g/mol. The number of ether oxygens (including phenoxy) is 1. The predicted octanol–water partition coefficient (Wildman–Crippen LogP) is 3.10. The number of phenolic OH excluding ortho intramolecular Hbond substituents is 1. The topological polar surface area (TPSA) is 83.2 Å². The van der Waals surface area contributed by atoms with Crippen LogP contribution in [0.25, 0.3) is 11.0 Å². The van der Waals surface area contributed by atoms with Crippen LogP contribution in [0.3, 0.4) is 0 Å². The molecule has 1 N–H and O–H groups in total. The first-order chi connectivity index (χ1) is 14.9. The molecule has 31 heavy (non-hydrogen) atoms. The number of aryl methyl sites for hydroxylation is 2. The normalized spacial score (nSPS) is 14.1. The Labute approximate surface area is 180 Å². The molecule has 1 aromatic heterocycles. The van der Waals surface area contributed by atoms with Gasteiger partial charge < -0.3 is 24.1 Å². The fraction of sp³-hybridized carbons (Fsp3) is 0.333. The van der Waals surface area contributed by atoms with E-state index in [-0.39, 0.29) is 23.9 Å². The summed E-state index contributed by atoms with van der Waals surface area (Å²) in [5.74, 6) is 0.708. The molecule has 0 unspecified atom stereocenters. The predicted molar refractivity (Wildman–Crippen MR) is 119 cm³/mol. The van der Waals surface area contributed by atoms with Gasteiger partial charge in [-0.1, -0.05) is 13.0 Å². The highest BCUT2D eigenvalue weighted by Gasteiger charge is 2.22. The van der Waals surface area contributed by atoms with Crippen LogP contribution in [-0.4, -0.2) is 48.7 Å². The van der Waals surface area contributed by atoms with E-state index in [9.17, 15) is 14.7 Å². The molecule has 1 aliphatic heterocycles. The van der Waals surface area contributed by atoms with E-state index < -0.39 is 0 Å². The molecular weight excluding hydrogens is 396 g/mol. The number of carbonyl (C=O) groups excluding carboxylic acids is 1. The van der Waals surface area contributed by atoms with Crippen LogP contribution in [0.2, 0.25) is 0 Å². The summed E-state index contributed by atoms with van der Waals surface area (Å²) >= 11 is 0. The van der Waals surface area contributed by atoms with E-state index in [1.165, 1.54) is 6.07 Å². The van der Waals surface area contributed by atoms with Crippen LogP contribution in [0, 0.1) is 6.92 Å². The fourth-order valence-corrected chi connectivity index (χ4v) is 4.00. The summed E-state index contributed by atoms with van der Waals surface area (Å²) < 4.78 is 11.3. The number of piperazine rings is 1. The molecule has 0 spiro atoms. The lowest BCUT2D eigenvalue weighted by Gasteiger charge is -2.36. The van der Waals surface area contributed by atoms with E-state index in [1.807, 2.05) is 38.1 Å². The zero-order chi connectivity index (χ0) is 22.0. The number of phenols is 1. The third kappa shape index (κ3) is 4.50. The fourth-order valence-electron chi connectivity index (χ4n) is 4.00. The number of hydrogen-bond acceptors (Lipinski definition) is 6. The minimum absolute atomic E-state index is 0.0764. The number of amides is 1. The summed E-state index contributed by atoms with van der Waals surface area (Å²) in [5.41, 5.74) is 2.77. The maximum atomic E-state index is 12.8. The lowest BCUT2D eigenvalue weighted by molar-refractivity contribution is -0.133. The smallest absolute Gasteiger partial charge is 0.336 e. The van der Waals surface area contributed by atoms with Crippen molar-refractivity contribution in [2.45, 2.75) is 20.3 Å². The van der Waals surface area contributed by atoms with Crippen LogP contribution in [0.4, 0.5) is 5.69 Å². The quantitative estimate of drug-likeness (QED) is 0.636. The lowest BCUT2D eigenvalue weighted by Crippen LogP contribution is -2.50. The molecule has 1 fully saturated rings. The van der Waals surface area contributed by atoms with E-state index in [0.717, 1.165) is 22.2 Å². The largest absolute Gasteiger partial charge is 0.508 e. The van der Waals surface area contributed by atoms with Gasteiger partial charge >= 0.3 is 5.63 Å². The molecule has 7 heteroatoms. The minimum Gasteiger partial charge on any atom is -0.508 e. The van der Waals surface area contributed by atoms with E-state index >= 15 is 0 Å². The molecule has 0 saturated carbocycles. The van der Waals surface area contributed by atoms with Crippen LogP contribution in [0.1, 0.15) is 18.1 Å². The molecule has 1 amide bonds. The van der Waals surface area contributed by atoms with Crippen molar-refractivity contribution in [1.82, 2.24) is 4.90 Å². The zero-order valence-corrected chi connectivity index (χ0v) is 17.8. The summed E-state index contributed by atoms with van der Waals surface area (Å²) in [5, 5.41) is 10.4. The second-order valence-electron chi connectivity index (χ2n) is 7.76. The Kier molecular flexibility index (Phi) is 5.84. The Morgan fingerprint density at radius 3 is 2.61 bits per heavy atom. The van der Waals surface area contributed by atoms with Crippen LogP contribution < -0.4 is 15.3 Å². The standard InChI is InChI=1S/C24H26N2O5/c1-3-17-13-23(29)31-21-12-16(2)11-20(24(17)21)30-15-22(28)26-9-7-25(8-10-26)18-5-4-6-19(27)14-18/h4-6,11-14,27H,3,7-10,15H2,1-2H3. The Morgan fingerprint density at radius 1 is 1.13 bits per heavy atom. The molecule has 7 nitrogen and oxygen atoms in total. The van der Waals surface area contributed by atoms with Gasteiger partial charge in [-0.25, -0.2) is 4.79 Å². The van der Waals surface area contributed by atoms with Crippen molar-refractivity contribution < 1.29 is 19.1 Å². The Morgan fingerprint density at radius 2 is 1.90 bits per heavy atom. The van der Waals surface area contributed by atoms with Crippen LogP contribution in [0.15, 0.2) is 51.7 Å². The van der Waals surface area contributed by atoms with Gasteiger partial charge in [-0.2, -0.15) is 0 Å². The number of carbonyl (C=O) groups is 1. The number of nitrogens with zero attached hydrogens (tertiary/aromatic N) is 2. The second kappa shape index (κ2) is 8.71. The number of hydrogen-bond donors (Lipinski definition) is 1. The SMILES string of the molecule is CCc1cc(=O)oc2cc(C)cc(OCC(=O)N3CCN(c4cccc(O)c4)CC3)c12. The van der Waals surface area contributed by atoms with Gasteiger partial charge in [-0.15, -0.1) is 0 Å². The van der Waals surface area contributed by atoms with Crippen LogP contribution >= 0.6 is 0 Å². The van der Waals surface area contributed by atoms with Gasteiger partial charge in [-0.3, -0.25) is 4.79 Å². The average Bonchev–Trinajstić information content (AvgIpc) is 2.76. The molecule has 0 radical (unpaired) electrons. The van der Waals surface area contributed by atoms with E-state index in [1.54, 1.807) is 17.0 Å². The summed E-state index contributed by atoms with van der Waals surface area (Å²) in [6, 6.07) is 12.3. The Hall–Kier alpha value is -3.48. The zero-order valence-electron chi connectivity index (χ0n) is 17.8. The van der Waals surface area contributed by atoms with Gasteiger partial charge in [-0.05, 0) is 48.7 Å². The first-order valence-corrected chi connectivity index (χ1v) is 10.5. The van der Waals surface area contributed by atoms with Gasteiger partial charge in [0.1, 0.15) is 17.1 Å².